The first kappa shape index (κ1) is 28.4. The molecule has 5 atom stereocenters. The second-order valence-electron chi connectivity index (χ2n) is 11.6. The van der Waals surface area contributed by atoms with Crippen LogP contribution in [0.15, 0.2) is 16.7 Å². The van der Waals surface area contributed by atoms with E-state index in [0.29, 0.717) is 17.4 Å². The summed E-state index contributed by atoms with van der Waals surface area (Å²) >= 11 is 10.5. The molecule has 12 heteroatoms. The second-order valence-corrected chi connectivity index (χ2v) is 12.8. The Morgan fingerprint density at radius 3 is 2.82 bits per heavy atom. The van der Waals surface area contributed by atoms with Crippen LogP contribution in [0.2, 0.25) is 5.02 Å². The molecule has 1 saturated carbocycles. The smallest absolute Gasteiger partial charge is 0.410 e. The van der Waals surface area contributed by atoms with E-state index in [-0.39, 0.29) is 31.8 Å². The van der Waals surface area contributed by atoms with Crippen molar-refractivity contribution in [1.29, 1.82) is 0 Å². The molecule has 5 rings (SSSR count). The van der Waals surface area contributed by atoms with Crippen molar-refractivity contribution in [3.8, 4) is 0 Å². The van der Waals surface area contributed by atoms with Gasteiger partial charge in [0, 0.05) is 28.0 Å². The van der Waals surface area contributed by atoms with Crippen LogP contribution in [0.1, 0.15) is 70.6 Å². The fraction of sp³-hybridized carbons (Fsp3) is 0.667. The molecule has 3 heterocycles. The average molecular weight is 630 g/mol. The number of rotatable bonds is 6. The van der Waals surface area contributed by atoms with Crippen LogP contribution in [0.4, 0.5) is 14.0 Å². The standard InChI is InChI=1S/C27H35BrClFN4O5/c1-27(2,3)39-26(36)33-13-19(30)20(14-33)32-25(35)38-9-7-15-10-16(15)23-18(29)11-21-17(24(23)28)12-31-34(21)22-6-4-5-8-37-22/h11-12,15-16,19-20,22H,4-10,13-14H2,1-3H3,(H,32,35)/t15?,16?,19-,20+,22?/m1/s1. The third-order valence-electron chi connectivity index (χ3n) is 7.47. The number of likely N-dealkylation sites (tertiary alicyclic amines) is 1. The van der Waals surface area contributed by atoms with Crippen molar-refractivity contribution in [2.24, 2.45) is 5.92 Å². The predicted molar refractivity (Wildman–Crippen MR) is 148 cm³/mol. The van der Waals surface area contributed by atoms with Crippen molar-refractivity contribution < 1.29 is 28.2 Å². The molecule has 1 N–H and O–H groups in total. The summed E-state index contributed by atoms with van der Waals surface area (Å²) in [6, 6.07) is 1.14. The van der Waals surface area contributed by atoms with E-state index in [2.05, 4.69) is 26.3 Å². The number of fused-ring (bicyclic) bond motifs is 1. The Labute approximate surface area is 240 Å². The van der Waals surface area contributed by atoms with Gasteiger partial charge in [0.25, 0.3) is 0 Å². The third-order valence-corrected chi connectivity index (χ3v) is 8.64. The summed E-state index contributed by atoms with van der Waals surface area (Å²) in [7, 11) is 0. The van der Waals surface area contributed by atoms with E-state index in [0.717, 1.165) is 53.2 Å². The summed E-state index contributed by atoms with van der Waals surface area (Å²) in [5.41, 5.74) is 1.32. The highest BCUT2D eigenvalue weighted by Crippen LogP contribution is 2.55. The number of hydrogen-bond acceptors (Lipinski definition) is 6. The lowest BCUT2D eigenvalue weighted by molar-refractivity contribution is -0.0366. The lowest BCUT2D eigenvalue weighted by atomic mass is 10.1. The fourth-order valence-electron chi connectivity index (χ4n) is 5.41. The molecule has 3 fully saturated rings. The van der Waals surface area contributed by atoms with Crippen molar-refractivity contribution in [2.75, 3.05) is 26.3 Å². The largest absolute Gasteiger partial charge is 0.450 e. The number of carbonyl (C=O) groups is 2. The number of alkyl carbamates (subject to hydrolysis) is 1. The SMILES string of the molecule is CC(C)(C)OC(=O)N1C[C@@H](F)[C@@H](NC(=O)OCCC2CC2c2c(Cl)cc3c(cnn3C3CCCCO3)c2Br)C1. The molecular weight excluding hydrogens is 595 g/mol. The Hall–Kier alpha value is -2.11. The Balaban J connectivity index is 1.11. The Kier molecular flexibility index (Phi) is 8.31. The summed E-state index contributed by atoms with van der Waals surface area (Å²) in [5, 5.41) is 8.82. The molecule has 1 aliphatic carbocycles. The molecule has 0 bridgehead atoms. The molecule has 2 saturated heterocycles. The Morgan fingerprint density at radius 1 is 1.31 bits per heavy atom. The van der Waals surface area contributed by atoms with Gasteiger partial charge in [-0.1, -0.05) is 11.6 Å². The minimum atomic E-state index is -1.39. The number of aromatic nitrogens is 2. The van der Waals surface area contributed by atoms with Gasteiger partial charge in [-0.25, -0.2) is 18.7 Å². The molecule has 214 valence electrons. The summed E-state index contributed by atoms with van der Waals surface area (Å²) in [6.45, 7) is 6.10. The van der Waals surface area contributed by atoms with E-state index < -0.39 is 30.0 Å². The number of halogens is 3. The fourth-order valence-corrected chi connectivity index (χ4v) is 6.68. The Morgan fingerprint density at radius 2 is 2.10 bits per heavy atom. The predicted octanol–water partition coefficient (Wildman–Crippen LogP) is 6.33. The second kappa shape index (κ2) is 11.4. The first-order valence-corrected chi connectivity index (χ1v) is 14.7. The van der Waals surface area contributed by atoms with Crippen molar-refractivity contribution in [1.82, 2.24) is 20.0 Å². The molecule has 3 aliphatic rings. The highest BCUT2D eigenvalue weighted by molar-refractivity contribution is 9.10. The molecular formula is C27H35BrClFN4O5. The Bertz CT molecular complexity index is 1230. The van der Waals surface area contributed by atoms with Crippen LogP contribution in [0, 0.1) is 5.92 Å². The third kappa shape index (κ3) is 6.46. The van der Waals surface area contributed by atoms with Gasteiger partial charge in [-0.05, 0) is 92.3 Å². The van der Waals surface area contributed by atoms with Gasteiger partial charge in [-0.2, -0.15) is 5.10 Å². The topological polar surface area (TPSA) is 94.9 Å². The molecule has 0 spiro atoms. The van der Waals surface area contributed by atoms with Gasteiger partial charge in [0.05, 0.1) is 30.9 Å². The molecule has 1 aromatic heterocycles. The van der Waals surface area contributed by atoms with Crippen molar-refractivity contribution >= 4 is 50.6 Å². The average Bonchev–Trinajstić information content (AvgIpc) is 3.31. The van der Waals surface area contributed by atoms with Gasteiger partial charge in [0.1, 0.15) is 11.8 Å². The minimum absolute atomic E-state index is 0.0360. The summed E-state index contributed by atoms with van der Waals surface area (Å²) in [4.78, 5) is 25.8. The number of carbonyl (C=O) groups excluding carboxylic acids is 2. The lowest BCUT2D eigenvalue weighted by Gasteiger charge is -2.24. The number of amides is 2. The number of ether oxygens (including phenoxy) is 3. The lowest BCUT2D eigenvalue weighted by Crippen LogP contribution is -2.42. The zero-order chi connectivity index (χ0) is 27.9. The van der Waals surface area contributed by atoms with Crippen molar-refractivity contribution in [2.45, 2.75) is 82.8 Å². The maximum atomic E-state index is 14.4. The highest BCUT2D eigenvalue weighted by atomic mass is 79.9. The van der Waals surface area contributed by atoms with Gasteiger partial charge in [0.15, 0.2) is 6.23 Å². The molecule has 0 radical (unpaired) electrons. The number of benzene rings is 1. The van der Waals surface area contributed by atoms with Crippen LogP contribution in [0.3, 0.4) is 0 Å². The maximum Gasteiger partial charge on any atom is 0.410 e. The van der Waals surface area contributed by atoms with Crippen LogP contribution >= 0.6 is 27.5 Å². The van der Waals surface area contributed by atoms with Crippen LogP contribution in [0.25, 0.3) is 10.9 Å². The van der Waals surface area contributed by atoms with Crippen LogP contribution in [-0.2, 0) is 14.2 Å². The molecule has 1 aromatic carbocycles. The zero-order valence-electron chi connectivity index (χ0n) is 22.4. The van der Waals surface area contributed by atoms with E-state index in [4.69, 9.17) is 25.8 Å². The van der Waals surface area contributed by atoms with Crippen LogP contribution in [-0.4, -0.2) is 71.0 Å². The van der Waals surface area contributed by atoms with E-state index in [1.54, 1.807) is 20.8 Å². The minimum Gasteiger partial charge on any atom is -0.450 e. The summed E-state index contributed by atoms with van der Waals surface area (Å²) in [5.74, 6) is 0.577. The molecule has 9 nitrogen and oxygen atoms in total. The number of alkyl halides is 1. The monoisotopic (exact) mass is 628 g/mol. The normalized spacial score (nSPS) is 27.0. The number of nitrogens with one attached hydrogen (secondary N) is 1. The molecule has 2 aliphatic heterocycles. The molecule has 2 amide bonds. The summed E-state index contributed by atoms with van der Waals surface area (Å²) in [6.07, 6.45) is 3.83. The van der Waals surface area contributed by atoms with E-state index in [1.807, 2.05) is 16.9 Å². The van der Waals surface area contributed by atoms with E-state index >= 15 is 0 Å². The van der Waals surface area contributed by atoms with Gasteiger partial charge in [0.2, 0.25) is 0 Å². The van der Waals surface area contributed by atoms with Crippen LogP contribution < -0.4 is 5.32 Å². The number of hydrogen-bond donors (Lipinski definition) is 1. The van der Waals surface area contributed by atoms with Crippen molar-refractivity contribution in [3.63, 3.8) is 0 Å². The van der Waals surface area contributed by atoms with E-state index in [9.17, 15) is 14.0 Å². The first-order chi connectivity index (χ1) is 18.5. The molecule has 39 heavy (non-hydrogen) atoms. The highest BCUT2D eigenvalue weighted by Gasteiger charge is 2.42. The summed E-state index contributed by atoms with van der Waals surface area (Å²) < 4.78 is 33.8. The van der Waals surface area contributed by atoms with Gasteiger partial charge >= 0.3 is 12.2 Å². The molecule has 3 unspecified atom stereocenters. The van der Waals surface area contributed by atoms with Crippen molar-refractivity contribution in [3.05, 3.63) is 27.3 Å². The maximum absolute atomic E-state index is 14.4. The van der Waals surface area contributed by atoms with Crippen LogP contribution in [0.5, 0.6) is 0 Å². The van der Waals surface area contributed by atoms with Gasteiger partial charge in [-0.15, -0.1) is 0 Å². The zero-order valence-corrected chi connectivity index (χ0v) is 24.8. The van der Waals surface area contributed by atoms with E-state index in [1.165, 1.54) is 4.90 Å². The quantitative estimate of drug-likeness (QED) is 0.402. The first-order valence-electron chi connectivity index (χ1n) is 13.5. The number of nitrogens with zero attached hydrogens (tertiary/aromatic N) is 3. The van der Waals surface area contributed by atoms with Gasteiger partial charge < -0.3 is 24.4 Å². The van der Waals surface area contributed by atoms with Gasteiger partial charge in [-0.3, -0.25) is 0 Å². The molecule has 2 aromatic rings.